The third-order valence-electron chi connectivity index (χ3n) is 3.24. The number of non-ortho nitro benzene ring substituents is 1. The summed E-state index contributed by atoms with van der Waals surface area (Å²) in [5.74, 6) is 2.53. The van der Waals surface area contributed by atoms with Crippen molar-refractivity contribution in [3.8, 4) is 11.3 Å². The van der Waals surface area contributed by atoms with Crippen LogP contribution in [-0.4, -0.2) is 26.0 Å². The lowest BCUT2D eigenvalue weighted by Gasteiger charge is -1.97. The first-order valence-electron chi connectivity index (χ1n) is 6.82. The van der Waals surface area contributed by atoms with Crippen molar-refractivity contribution in [1.82, 2.24) is 14.9 Å². The minimum Gasteiger partial charge on any atom is -0.455 e. The Hall–Kier alpha value is -3.29. The van der Waals surface area contributed by atoms with E-state index < -0.39 is 4.92 Å². The van der Waals surface area contributed by atoms with E-state index in [0.717, 1.165) is 5.56 Å². The van der Waals surface area contributed by atoms with Crippen molar-refractivity contribution in [2.24, 2.45) is 5.10 Å². The third kappa shape index (κ3) is 3.00. The van der Waals surface area contributed by atoms with Crippen LogP contribution >= 0.6 is 0 Å². The molecule has 0 unspecified atom stereocenters. The Morgan fingerprint density at radius 2 is 1.78 bits per heavy atom. The molecule has 0 radical (unpaired) electrons. The number of hydrogen-bond donors (Lipinski definition) is 0. The van der Waals surface area contributed by atoms with Crippen LogP contribution in [-0.2, 0) is 0 Å². The van der Waals surface area contributed by atoms with Gasteiger partial charge in [0.1, 0.15) is 11.5 Å². The molecule has 0 aliphatic carbocycles. The second kappa shape index (κ2) is 5.84. The van der Waals surface area contributed by atoms with Crippen molar-refractivity contribution < 1.29 is 9.34 Å². The van der Waals surface area contributed by atoms with Gasteiger partial charge in [0.2, 0.25) is 0 Å². The number of nitro benzene ring substituents is 1. The van der Waals surface area contributed by atoms with E-state index in [1.54, 1.807) is 35.2 Å². The van der Waals surface area contributed by atoms with Crippen molar-refractivity contribution in [3.05, 3.63) is 63.9 Å². The van der Waals surface area contributed by atoms with Gasteiger partial charge in [0, 0.05) is 17.7 Å². The van der Waals surface area contributed by atoms with E-state index in [-0.39, 0.29) is 5.69 Å². The normalized spacial score (nSPS) is 11.2. The molecule has 3 aromatic rings. The molecular formula is C15H13N5O3. The van der Waals surface area contributed by atoms with Crippen molar-refractivity contribution in [1.29, 1.82) is 0 Å². The standard InChI is InChI=1S/C15H13N5O3/c1-10-17-18-11(2)19(10)16-9-14-7-8-15(23-14)12-3-5-13(6-4-12)20(21)22/h3-9H,1-2H3/b16-9-. The number of rotatable bonds is 4. The lowest BCUT2D eigenvalue weighted by atomic mass is 10.1. The Kier molecular flexibility index (Phi) is 3.71. The van der Waals surface area contributed by atoms with E-state index in [1.807, 2.05) is 13.8 Å². The Morgan fingerprint density at radius 1 is 1.13 bits per heavy atom. The van der Waals surface area contributed by atoms with Gasteiger partial charge in [0.25, 0.3) is 5.69 Å². The van der Waals surface area contributed by atoms with E-state index in [9.17, 15) is 10.1 Å². The van der Waals surface area contributed by atoms with Crippen LogP contribution in [0.3, 0.4) is 0 Å². The van der Waals surface area contributed by atoms with Crippen LogP contribution in [0.15, 0.2) is 45.9 Å². The zero-order valence-corrected chi connectivity index (χ0v) is 12.5. The molecule has 8 nitrogen and oxygen atoms in total. The summed E-state index contributed by atoms with van der Waals surface area (Å²) in [4.78, 5) is 10.2. The first-order chi connectivity index (χ1) is 11.0. The van der Waals surface area contributed by atoms with Gasteiger partial charge in [-0.25, -0.2) is 4.68 Å². The molecule has 0 spiro atoms. The summed E-state index contributed by atoms with van der Waals surface area (Å²) in [6.45, 7) is 3.61. The largest absolute Gasteiger partial charge is 0.455 e. The van der Waals surface area contributed by atoms with Gasteiger partial charge in [0.05, 0.1) is 11.1 Å². The van der Waals surface area contributed by atoms with Gasteiger partial charge in [-0.3, -0.25) is 10.1 Å². The summed E-state index contributed by atoms with van der Waals surface area (Å²) in [7, 11) is 0. The minimum absolute atomic E-state index is 0.0423. The number of aromatic nitrogens is 3. The molecule has 0 bridgehead atoms. The van der Waals surface area contributed by atoms with Crippen LogP contribution in [0.25, 0.3) is 11.3 Å². The first-order valence-corrected chi connectivity index (χ1v) is 6.82. The average Bonchev–Trinajstić information content (AvgIpc) is 3.13. The molecule has 116 valence electrons. The SMILES string of the molecule is Cc1nnc(C)n1/N=C\c1ccc(-c2ccc([N+](=O)[O-])cc2)o1. The van der Waals surface area contributed by atoms with E-state index in [1.165, 1.54) is 12.1 Å². The van der Waals surface area contributed by atoms with Crippen molar-refractivity contribution in [2.75, 3.05) is 0 Å². The van der Waals surface area contributed by atoms with Gasteiger partial charge in [-0.05, 0) is 38.1 Å². The van der Waals surface area contributed by atoms with Crippen LogP contribution in [0, 0.1) is 24.0 Å². The van der Waals surface area contributed by atoms with Gasteiger partial charge >= 0.3 is 0 Å². The van der Waals surface area contributed by atoms with Crippen LogP contribution in [0.4, 0.5) is 5.69 Å². The summed E-state index contributed by atoms with van der Waals surface area (Å²) >= 11 is 0. The molecule has 0 aliphatic heterocycles. The van der Waals surface area contributed by atoms with E-state index in [4.69, 9.17) is 4.42 Å². The zero-order chi connectivity index (χ0) is 16.4. The molecule has 23 heavy (non-hydrogen) atoms. The minimum atomic E-state index is -0.437. The van der Waals surface area contributed by atoms with Gasteiger partial charge in [-0.2, -0.15) is 5.10 Å². The fourth-order valence-corrected chi connectivity index (χ4v) is 2.07. The molecule has 0 fully saturated rings. The molecule has 0 atom stereocenters. The van der Waals surface area contributed by atoms with Crippen molar-refractivity contribution in [2.45, 2.75) is 13.8 Å². The fourth-order valence-electron chi connectivity index (χ4n) is 2.07. The number of furan rings is 1. The highest BCUT2D eigenvalue weighted by Gasteiger charge is 2.08. The van der Waals surface area contributed by atoms with Crippen LogP contribution < -0.4 is 0 Å². The Labute approximate surface area is 131 Å². The summed E-state index contributed by atoms with van der Waals surface area (Å²) in [5, 5.41) is 22.8. The Balaban J connectivity index is 1.82. The summed E-state index contributed by atoms with van der Waals surface area (Å²) in [6, 6.07) is 9.73. The molecule has 0 amide bonds. The highest BCUT2D eigenvalue weighted by atomic mass is 16.6. The molecular weight excluding hydrogens is 298 g/mol. The molecule has 2 aromatic heterocycles. The molecule has 0 saturated carbocycles. The fraction of sp³-hybridized carbons (Fsp3) is 0.133. The summed E-state index contributed by atoms with van der Waals surface area (Å²) in [5.41, 5.74) is 0.799. The third-order valence-corrected chi connectivity index (χ3v) is 3.24. The van der Waals surface area contributed by atoms with E-state index in [2.05, 4.69) is 15.3 Å². The highest BCUT2D eigenvalue weighted by molar-refractivity contribution is 5.77. The number of hydrogen-bond acceptors (Lipinski definition) is 6. The molecule has 3 rings (SSSR count). The molecule has 2 heterocycles. The smallest absolute Gasteiger partial charge is 0.269 e. The van der Waals surface area contributed by atoms with E-state index in [0.29, 0.717) is 23.2 Å². The van der Waals surface area contributed by atoms with Gasteiger partial charge in [0.15, 0.2) is 11.6 Å². The second-order valence-electron chi connectivity index (χ2n) is 4.86. The summed E-state index contributed by atoms with van der Waals surface area (Å²) < 4.78 is 7.28. The van der Waals surface area contributed by atoms with Gasteiger partial charge in [-0.15, -0.1) is 10.2 Å². The monoisotopic (exact) mass is 311 g/mol. The Bertz CT molecular complexity index is 857. The quantitative estimate of drug-likeness (QED) is 0.419. The van der Waals surface area contributed by atoms with Gasteiger partial charge in [-0.1, -0.05) is 0 Å². The lowest BCUT2D eigenvalue weighted by molar-refractivity contribution is -0.384. The lowest BCUT2D eigenvalue weighted by Crippen LogP contribution is -1.95. The predicted molar refractivity (Wildman–Crippen MR) is 83.3 cm³/mol. The number of benzene rings is 1. The van der Waals surface area contributed by atoms with Crippen LogP contribution in [0.1, 0.15) is 17.4 Å². The summed E-state index contributed by atoms with van der Waals surface area (Å²) in [6.07, 6.45) is 1.57. The second-order valence-corrected chi connectivity index (χ2v) is 4.86. The predicted octanol–water partition coefficient (Wildman–Crippen LogP) is 2.95. The molecule has 0 saturated heterocycles. The zero-order valence-electron chi connectivity index (χ0n) is 12.5. The first kappa shape index (κ1) is 14.6. The van der Waals surface area contributed by atoms with Crippen LogP contribution in [0.5, 0.6) is 0 Å². The topological polar surface area (TPSA) is 99.3 Å². The number of nitro groups is 1. The van der Waals surface area contributed by atoms with Crippen molar-refractivity contribution >= 4 is 11.9 Å². The molecule has 0 aliphatic rings. The van der Waals surface area contributed by atoms with Crippen LogP contribution in [0.2, 0.25) is 0 Å². The van der Waals surface area contributed by atoms with Gasteiger partial charge < -0.3 is 4.42 Å². The van der Waals surface area contributed by atoms with Crippen molar-refractivity contribution in [3.63, 3.8) is 0 Å². The number of nitrogens with zero attached hydrogens (tertiary/aromatic N) is 5. The molecule has 0 N–H and O–H groups in total. The molecule has 1 aromatic carbocycles. The number of aryl methyl sites for hydroxylation is 2. The maximum absolute atomic E-state index is 10.7. The van der Waals surface area contributed by atoms with E-state index >= 15 is 0 Å². The Morgan fingerprint density at radius 3 is 2.39 bits per heavy atom. The molecule has 8 heteroatoms. The maximum Gasteiger partial charge on any atom is 0.269 e. The average molecular weight is 311 g/mol. The maximum atomic E-state index is 10.7. The highest BCUT2D eigenvalue weighted by Crippen LogP contribution is 2.24.